The minimum atomic E-state index is -0.295. The first kappa shape index (κ1) is 24.3. The largest absolute Gasteiger partial charge is 0.497 e. The maximum atomic E-state index is 12.8. The minimum absolute atomic E-state index is 0.0943. The second-order valence-electron chi connectivity index (χ2n) is 6.81. The average Bonchev–Trinajstić information content (AvgIpc) is 2.82. The molecule has 1 N–H and O–H groups in total. The maximum absolute atomic E-state index is 12.8. The summed E-state index contributed by atoms with van der Waals surface area (Å²) in [6, 6.07) is 12.1. The Kier molecular flexibility index (Phi) is 8.07. The summed E-state index contributed by atoms with van der Waals surface area (Å²) in [5.41, 5.74) is 1.03. The van der Waals surface area contributed by atoms with Crippen molar-refractivity contribution in [1.82, 2.24) is 4.57 Å². The van der Waals surface area contributed by atoms with E-state index < -0.39 is 0 Å². The van der Waals surface area contributed by atoms with Crippen molar-refractivity contribution in [2.45, 2.75) is 13.0 Å². The Hall–Kier alpha value is -3.37. The van der Waals surface area contributed by atoms with Crippen molar-refractivity contribution in [3.05, 3.63) is 56.8 Å². The van der Waals surface area contributed by atoms with Gasteiger partial charge >= 0.3 is 0 Å². The van der Waals surface area contributed by atoms with Crippen molar-refractivity contribution in [1.29, 1.82) is 0 Å². The molecule has 0 aliphatic heterocycles. The van der Waals surface area contributed by atoms with Crippen molar-refractivity contribution in [3.8, 4) is 33.4 Å². The summed E-state index contributed by atoms with van der Waals surface area (Å²) in [5, 5.41) is 2.79. The van der Waals surface area contributed by atoms with Gasteiger partial charge in [-0.3, -0.25) is 14.2 Å². The molecule has 0 saturated carbocycles. The molecule has 1 aromatic heterocycles. The van der Waals surface area contributed by atoms with Gasteiger partial charge in [0.15, 0.2) is 15.5 Å². The Labute approximate surface area is 200 Å². The van der Waals surface area contributed by atoms with E-state index in [1.54, 1.807) is 43.5 Å². The first-order chi connectivity index (χ1) is 15.9. The Morgan fingerprint density at radius 3 is 2.27 bits per heavy atom. The van der Waals surface area contributed by atoms with Gasteiger partial charge < -0.3 is 24.3 Å². The second kappa shape index (κ2) is 11.0. The molecule has 1 heterocycles. The highest BCUT2D eigenvalue weighted by Gasteiger charge is 2.16. The number of anilines is 1. The Balaban J connectivity index is 1.80. The summed E-state index contributed by atoms with van der Waals surface area (Å²) >= 11 is 6.72. The van der Waals surface area contributed by atoms with Crippen LogP contribution in [-0.4, -0.2) is 38.9 Å². The van der Waals surface area contributed by atoms with E-state index in [4.69, 9.17) is 31.2 Å². The molecule has 174 valence electrons. The number of benzene rings is 2. The van der Waals surface area contributed by atoms with Crippen LogP contribution in [0.2, 0.25) is 0 Å². The molecule has 10 heteroatoms. The van der Waals surface area contributed by atoms with Crippen LogP contribution in [0.5, 0.6) is 23.0 Å². The van der Waals surface area contributed by atoms with E-state index in [0.29, 0.717) is 43.1 Å². The minimum Gasteiger partial charge on any atom is -0.497 e. The van der Waals surface area contributed by atoms with Crippen molar-refractivity contribution in [2.75, 3.05) is 33.8 Å². The quantitative estimate of drug-likeness (QED) is 0.448. The lowest BCUT2D eigenvalue weighted by Crippen LogP contribution is -2.22. The predicted octanol–water partition coefficient (Wildman–Crippen LogP) is 4.37. The van der Waals surface area contributed by atoms with Crippen molar-refractivity contribution in [3.63, 3.8) is 0 Å². The molecule has 0 aliphatic rings. The lowest BCUT2D eigenvalue weighted by atomic mass is 10.1. The molecule has 2 aromatic carbocycles. The van der Waals surface area contributed by atoms with Crippen LogP contribution in [0.1, 0.15) is 6.42 Å². The number of methoxy groups -OCH3 is 4. The molecule has 0 saturated heterocycles. The number of hydrogen-bond acceptors (Lipinski definition) is 8. The van der Waals surface area contributed by atoms with Gasteiger partial charge in [0.2, 0.25) is 11.7 Å². The number of nitrogens with zero attached hydrogens (tertiary/aromatic N) is 1. The standard InChI is InChI=1S/C23H24N2O6S2/c1-28-16-7-5-6-15(12-16)24-20(26)8-9-25-21(27)13-19(33-23(25)32)14-10-17(29-2)22(31-4)18(11-14)30-3/h5-7,10-13H,8-9H2,1-4H3,(H,24,26). The van der Waals surface area contributed by atoms with Gasteiger partial charge in [-0.15, -0.1) is 11.3 Å². The summed E-state index contributed by atoms with van der Waals surface area (Å²) in [5.74, 6) is 1.82. The van der Waals surface area contributed by atoms with E-state index in [0.717, 1.165) is 0 Å². The zero-order valence-corrected chi connectivity index (χ0v) is 20.3. The number of aromatic nitrogens is 1. The van der Waals surface area contributed by atoms with Gasteiger partial charge in [-0.05, 0) is 42.0 Å². The summed E-state index contributed by atoms with van der Waals surface area (Å²) in [7, 11) is 6.13. The molecule has 0 atom stereocenters. The van der Waals surface area contributed by atoms with E-state index in [9.17, 15) is 9.59 Å². The Bertz CT molecular complexity index is 1210. The van der Waals surface area contributed by atoms with Gasteiger partial charge in [0.05, 0.1) is 28.4 Å². The number of carbonyl (C=O) groups is 1. The molecule has 3 aromatic rings. The molecule has 0 bridgehead atoms. The number of amides is 1. The third kappa shape index (κ3) is 5.71. The topological polar surface area (TPSA) is 88.0 Å². The molecule has 1 amide bonds. The molecular weight excluding hydrogens is 464 g/mol. The molecule has 3 rings (SSSR count). The zero-order valence-electron chi connectivity index (χ0n) is 18.7. The molecular formula is C23H24N2O6S2. The van der Waals surface area contributed by atoms with Gasteiger partial charge in [-0.25, -0.2) is 0 Å². The highest BCUT2D eigenvalue weighted by Crippen LogP contribution is 2.41. The summed E-state index contributed by atoms with van der Waals surface area (Å²) in [6.45, 7) is 0.166. The van der Waals surface area contributed by atoms with Crippen LogP contribution < -0.4 is 29.8 Å². The predicted molar refractivity (Wildman–Crippen MR) is 131 cm³/mol. The third-order valence-corrected chi connectivity index (χ3v) is 6.24. The van der Waals surface area contributed by atoms with E-state index in [2.05, 4.69) is 5.32 Å². The number of ether oxygens (including phenoxy) is 4. The van der Waals surface area contributed by atoms with Crippen LogP contribution in [0.3, 0.4) is 0 Å². The van der Waals surface area contributed by atoms with E-state index in [-0.39, 0.29) is 24.4 Å². The van der Waals surface area contributed by atoms with E-state index in [1.807, 2.05) is 0 Å². The van der Waals surface area contributed by atoms with Crippen LogP contribution in [-0.2, 0) is 11.3 Å². The van der Waals surface area contributed by atoms with E-state index >= 15 is 0 Å². The second-order valence-corrected chi connectivity index (χ2v) is 8.49. The van der Waals surface area contributed by atoms with Gasteiger partial charge in [-0.2, -0.15) is 0 Å². The fourth-order valence-corrected chi connectivity index (χ4v) is 4.49. The summed E-state index contributed by atoms with van der Waals surface area (Å²) < 4.78 is 23.1. The van der Waals surface area contributed by atoms with E-state index in [1.165, 1.54) is 43.3 Å². The van der Waals surface area contributed by atoms with Crippen LogP contribution in [0, 0.1) is 3.95 Å². The fraction of sp³-hybridized carbons (Fsp3) is 0.261. The maximum Gasteiger partial charge on any atom is 0.253 e. The summed E-state index contributed by atoms with van der Waals surface area (Å²) in [6.07, 6.45) is 0.0943. The van der Waals surface area contributed by atoms with Crippen molar-refractivity contribution in [2.24, 2.45) is 0 Å². The average molecular weight is 489 g/mol. The normalized spacial score (nSPS) is 10.4. The summed E-state index contributed by atoms with van der Waals surface area (Å²) in [4.78, 5) is 25.8. The lowest BCUT2D eigenvalue weighted by molar-refractivity contribution is -0.116. The fourth-order valence-electron chi connectivity index (χ4n) is 3.16. The van der Waals surface area contributed by atoms with Gasteiger partial charge in [0.25, 0.3) is 5.56 Å². The molecule has 8 nitrogen and oxygen atoms in total. The Morgan fingerprint density at radius 1 is 1.00 bits per heavy atom. The SMILES string of the molecule is COc1cccc(NC(=O)CCn2c(=O)cc(-c3cc(OC)c(OC)c(OC)c3)sc2=S)c1. The lowest BCUT2D eigenvalue weighted by Gasteiger charge is -2.14. The first-order valence-electron chi connectivity index (χ1n) is 9.89. The number of hydrogen-bond donors (Lipinski definition) is 1. The molecule has 0 spiro atoms. The molecule has 0 unspecified atom stereocenters. The molecule has 0 aliphatic carbocycles. The zero-order chi connectivity index (χ0) is 24.0. The number of nitrogens with one attached hydrogen (secondary N) is 1. The van der Waals surface area contributed by atoms with Gasteiger partial charge in [-0.1, -0.05) is 6.07 Å². The highest BCUT2D eigenvalue weighted by molar-refractivity contribution is 7.73. The van der Waals surface area contributed by atoms with Crippen LogP contribution in [0.4, 0.5) is 5.69 Å². The molecule has 33 heavy (non-hydrogen) atoms. The first-order valence-corrected chi connectivity index (χ1v) is 11.1. The van der Waals surface area contributed by atoms with Crippen LogP contribution >= 0.6 is 23.6 Å². The third-order valence-electron chi connectivity index (χ3n) is 4.80. The van der Waals surface area contributed by atoms with Crippen LogP contribution in [0.15, 0.2) is 47.3 Å². The highest BCUT2D eigenvalue weighted by atomic mass is 32.1. The van der Waals surface area contributed by atoms with Crippen LogP contribution in [0.25, 0.3) is 10.4 Å². The van der Waals surface area contributed by atoms with Gasteiger partial charge in [0.1, 0.15) is 5.75 Å². The van der Waals surface area contributed by atoms with Crippen molar-refractivity contribution < 1.29 is 23.7 Å². The van der Waals surface area contributed by atoms with Crippen molar-refractivity contribution >= 4 is 35.1 Å². The number of rotatable bonds is 9. The molecule has 0 fully saturated rings. The molecule has 0 radical (unpaired) electrons. The Morgan fingerprint density at radius 2 is 1.70 bits per heavy atom. The number of carbonyl (C=O) groups excluding carboxylic acids is 1. The monoisotopic (exact) mass is 488 g/mol. The smallest absolute Gasteiger partial charge is 0.253 e. The van der Waals surface area contributed by atoms with Gasteiger partial charge in [0, 0.05) is 35.7 Å².